The maximum atomic E-state index is 13.3. The highest BCUT2D eigenvalue weighted by molar-refractivity contribution is 5.88. The van der Waals surface area contributed by atoms with Crippen molar-refractivity contribution in [3.8, 4) is 5.75 Å². The number of ether oxygens (including phenoxy) is 1. The van der Waals surface area contributed by atoms with Gasteiger partial charge in [0.1, 0.15) is 11.8 Å². The molecular weight excluding hydrogens is 388 g/mol. The van der Waals surface area contributed by atoms with Crippen LogP contribution in [0.1, 0.15) is 56.4 Å². The van der Waals surface area contributed by atoms with Gasteiger partial charge < -0.3 is 15.0 Å². The molecule has 2 aromatic rings. The number of benzene rings is 2. The van der Waals surface area contributed by atoms with E-state index in [1.54, 1.807) is 4.90 Å². The fourth-order valence-corrected chi connectivity index (χ4v) is 3.53. The lowest BCUT2D eigenvalue weighted by atomic mass is 10.1. The van der Waals surface area contributed by atoms with Crippen molar-refractivity contribution in [3.05, 3.63) is 64.7 Å². The Bertz CT molecular complexity index is 901. The van der Waals surface area contributed by atoms with E-state index < -0.39 is 6.04 Å². The average molecular weight is 425 g/mol. The van der Waals surface area contributed by atoms with Crippen LogP contribution >= 0.6 is 0 Å². The van der Waals surface area contributed by atoms with Gasteiger partial charge in [0.05, 0.1) is 0 Å². The van der Waals surface area contributed by atoms with Gasteiger partial charge in [0.25, 0.3) is 5.91 Å². The summed E-state index contributed by atoms with van der Waals surface area (Å²) in [5.74, 6) is 0.345. The first kappa shape index (κ1) is 24.4. The second-order valence-corrected chi connectivity index (χ2v) is 9.16. The van der Waals surface area contributed by atoms with E-state index in [2.05, 4.69) is 11.4 Å². The third kappa shape index (κ3) is 7.12. The van der Waals surface area contributed by atoms with E-state index in [1.165, 1.54) is 0 Å². The van der Waals surface area contributed by atoms with Crippen molar-refractivity contribution in [2.24, 2.45) is 0 Å². The number of rotatable bonds is 8. The standard InChI is InChI=1S/C26H36N2O3/c1-8-22(25(30)27-26(5,6)7)28(16-21-12-10-9-11-13-21)24(29)17-31-23-15-18(2)14-19(3)20(23)4/h9-15,22H,8,16-17H2,1-7H3,(H,27,30). The van der Waals surface area contributed by atoms with E-state index in [0.717, 1.165) is 22.3 Å². The Labute approximate surface area is 186 Å². The number of carbonyl (C=O) groups is 2. The zero-order chi connectivity index (χ0) is 23.2. The minimum atomic E-state index is -0.573. The molecular formula is C26H36N2O3. The lowest BCUT2D eigenvalue weighted by Crippen LogP contribution is -2.54. The van der Waals surface area contributed by atoms with Crippen molar-refractivity contribution in [3.63, 3.8) is 0 Å². The molecule has 1 atom stereocenters. The Morgan fingerprint density at radius 1 is 1.06 bits per heavy atom. The minimum absolute atomic E-state index is 0.115. The molecule has 2 amide bonds. The molecule has 5 heteroatoms. The van der Waals surface area contributed by atoms with Crippen molar-refractivity contribution in [2.75, 3.05) is 6.61 Å². The molecule has 168 valence electrons. The molecule has 1 unspecified atom stereocenters. The molecule has 0 heterocycles. The topological polar surface area (TPSA) is 58.6 Å². The predicted octanol–water partition coefficient (Wildman–Crippen LogP) is 4.71. The first-order valence-electron chi connectivity index (χ1n) is 10.9. The molecule has 0 saturated heterocycles. The Hall–Kier alpha value is -2.82. The van der Waals surface area contributed by atoms with E-state index in [9.17, 15) is 9.59 Å². The van der Waals surface area contributed by atoms with Crippen LogP contribution in [-0.4, -0.2) is 34.9 Å². The summed E-state index contributed by atoms with van der Waals surface area (Å²) in [6.07, 6.45) is 0.517. The lowest BCUT2D eigenvalue weighted by molar-refractivity contribution is -0.143. The van der Waals surface area contributed by atoms with Crippen LogP contribution in [-0.2, 0) is 16.1 Å². The highest BCUT2D eigenvalue weighted by atomic mass is 16.5. The van der Waals surface area contributed by atoms with Crippen LogP contribution in [0.25, 0.3) is 0 Å². The van der Waals surface area contributed by atoms with E-state index in [4.69, 9.17) is 4.74 Å². The number of hydrogen-bond donors (Lipinski definition) is 1. The molecule has 0 fully saturated rings. The Morgan fingerprint density at radius 2 is 1.71 bits per heavy atom. The molecule has 0 aliphatic rings. The average Bonchev–Trinajstić information content (AvgIpc) is 2.68. The Balaban J connectivity index is 2.26. The molecule has 2 aromatic carbocycles. The van der Waals surface area contributed by atoms with Gasteiger partial charge in [-0.2, -0.15) is 0 Å². The van der Waals surface area contributed by atoms with E-state index in [0.29, 0.717) is 18.7 Å². The number of hydrogen-bond acceptors (Lipinski definition) is 3. The molecule has 0 spiro atoms. The monoisotopic (exact) mass is 424 g/mol. The number of nitrogens with one attached hydrogen (secondary N) is 1. The quantitative estimate of drug-likeness (QED) is 0.667. The molecule has 0 saturated carbocycles. The van der Waals surface area contributed by atoms with E-state index >= 15 is 0 Å². The predicted molar refractivity (Wildman–Crippen MR) is 125 cm³/mol. The SMILES string of the molecule is CCC(C(=O)NC(C)(C)C)N(Cc1ccccc1)C(=O)COc1cc(C)cc(C)c1C. The van der Waals surface area contributed by atoms with Crippen molar-refractivity contribution >= 4 is 11.8 Å². The zero-order valence-corrected chi connectivity index (χ0v) is 19.9. The highest BCUT2D eigenvalue weighted by Crippen LogP contribution is 2.23. The maximum absolute atomic E-state index is 13.3. The summed E-state index contributed by atoms with van der Waals surface area (Å²) in [6.45, 7) is 14.0. The third-order valence-electron chi connectivity index (χ3n) is 5.20. The van der Waals surface area contributed by atoms with Crippen LogP contribution < -0.4 is 10.1 Å². The van der Waals surface area contributed by atoms with Gasteiger partial charge >= 0.3 is 0 Å². The van der Waals surface area contributed by atoms with Gasteiger partial charge in [-0.25, -0.2) is 0 Å². The zero-order valence-electron chi connectivity index (χ0n) is 19.9. The first-order chi connectivity index (χ1) is 14.5. The maximum Gasteiger partial charge on any atom is 0.261 e. The van der Waals surface area contributed by atoms with Crippen LogP contribution in [0.4, 0.5) is 0 Å². The summed E-state index contributed by atoms with van der Waals surface area (Å²) in [5, 5.41) is 3.02. The fraction of sp³-hybridized carbons (Fsp3) is 0.462. The molecule has 5 nitrogen and oxygen atoms in total. The number of nitrogens with zero attached hydrogens (tertiary/aromatic N) is 1. The summed E-state index contributed by atoms with van der Waals surface area (Å²) < 4.78 is 5.93. The molecule has 0 bridgehead atoms. The van der Waals surface area contributed by atoms with Crippen molar-refractivity contribution in [1.82, 2.24) is 10.2 Å². The van der Waals surface area contributed by atoms with Gasteiger partial charge in [0, 0.05) is 12.1 Å². The Morgan fingerprint density at radius 3 is 2.29 bits per heavy atom. The minimum Gasteiger partial charge on any atom is -0.483 e. The van der Waals surface area contributed by atoms with Gasteiger partial charge in [-0.1, -0.05) is 43.3 Å². The van der Waals surface area contributed by atoms with Gasteiger partial charge in [0.15, 0.2) is 6.61 Å². The van der Waals surface area contributed by atoms with Crippen LogP contribution in [0.3, 0.4) is 0 Å². The lowest BCUT2D eigenvalue weighted by Gasteiger charge is -2.33. The summed E-state index contributed by atoms with van der Waals surface area (Å²) in [7, 11) is 0. The fourth-order valence-electron chi connectivity index (χ4n) is 3.53. The van der Waals surface area contributed by atoms with Crippen LogP contribution in [0, 0.1) is 20.8 Å². The smallest absolute Gasteiger partial charge is 0.261 e. The second-order valence-electron chi connectivity index (χ2n) is 9.16. The second kappa shape index (κ2) is 10.5. The van der Waals surface area contributed by atoms with Crippen LogP contribution in [0.15, 0.2) is 42.5 Å². The molecule has 0 aromatic heterocycles. The highest BCUT2D eigenvalue weighted by Gasteiger charge is 2.31. The summed E-state index contributed by atoms with van der Waals surface area (Å²) in [5.41, 5.74) is 3.83. The van der Waals surface area contributed by atoms with Crippen molar-refractivity contribution < 1.29 is 14.3 Å². The molecule has 0 radical (unpaired) electrons. The van der Waals surface area contributed by atoms with Gasteiger partial charge in [-0.05, 0) is 76.3 Å². The van der Waals surface area contributed by atoms with Crippen molar-refractivity contribution in [1.29, 1.82) is 0 Å². The molecule has 0 aliphatic heterocycles. The van der Waals surface area contributed by atoms with Gasteiger partial charge in [-0.15, -0.1) is 0 Å². The van der Waals surface area contributed by atoms with Crippen molar-refractivity contribution in [2.45, 2.75) is 73.0 Å². The number of aryl methyl sites for hydroxylation is 2. The van der Waals surface area contributed by atoms with Gasteiger partial charge in [0.2, 0.25) is 5.91 Å². The summed E-state index contributed by atoms with van der Waals surface area (Å²) in [4.78, 5) is 27.9. The summed E-state index contributed by atoms with van der Waals surface area (Å²) in [6, 6.07) is 13.2. The summed E-state index contributed by atoms with van der Waals surface area (Å²) >= 11 is 0. The number of carbonyl (C=O) groups excluding carboxylic acids is 2. The third-order valence-corrected chi connectivity index (χ3v) is 5.20. The van der Waals surface area contributed by atoms with E-state index in [1.807, 2.05) is 84.9 Å². The molecule has 31 heavy (non-hydrogen) atoms. The molecule has 0 aliphatic carbocycles. The largest absolute Gasteiger partial charge is 0.483 e. The van der Waals surface area contributed by atoms with Gasteiger partial charge in [-0.3, -0.25) is 9.59 Å². The molecule has 2 rings (SSSR count). The van der Waals surface area contributed by atoms with Crippen LogP contribution in [0.5, 0.6) is 5.75 Å². The molecule has 1 N–H and O–H groups in total. The Kier molecular flexibility index (Phi) is 8.26. The normalized spacial score (nSPS) is 12.2. The van der Waals surface area contributed by atoms with Crippen LogP contribution in [0.2, 0.25) is 0 Å². The van der Waals surface area contributed by atoms with E-state index in [-0.39, 0.29) is 24.0 Å². The number of amides is 2. The first-order valence-corrected chi connectivity index (χ1v) is 10.9.